The molecule has 0 aliphatic rings. The number of nitrogens with one attached hydrogen (secondary N) is 1. The van der Waals surface area contributed by atoms with Gasteiger partial charge in [0.05, 0.1) is 11.3 Å². The van der Waals surface area contributed by atoms with E-state index in [1.54, 1.807) is 13.8 Å². The number of H-pyrrole nitrogens is 1. The van der Waals surface area contributed by atoms with Gasteiger partial charge in [-0.1, -0.05) is 0 Å². The minimum absolute atomic E-state index is 0.427. The zero-order chi connectivity index (χ0) is 7.72. The van der Waals surface area contributed by atoms with Crippen molar-refractivity contribution in [3.8, 4) is 0 Å². The second-order valence-electron chi connectivity index (χ2n) is 2.17. The van der Waals surface area contributed by atoms with Crippen LogP contribution in [-0.2, 0) is 0 Å². The van der Waals surface area contributed by atoms with Gasteiger partial charge in [0, 0.05) is 5.69 Å². The molecule has 1 heterocycles. The van der Waals surface area contributed by atoms with Crippen LogP contribution in [-0.4, -0.2) is 16.1 Å². The Hall–Kier alpha value is -1.32. The van der Waals surface area contributed by atoms with Crippen LogP contribution in [0.15, 0.2) is 0 Å². The molecule has 54 valence electrons. The van der Waals surface area contributed by atoms with E-state index in [1.807, 2.05) is 0 Å². The second kappa shape index (κ2) is 2.13. The largest absolute Gasteiger partial charge is 0.365 e. The third-order valence-electron chi connectivity index (χ3n) is 1.37. The van der Waals surface area contributed by atoms with Crippen molar-refractivity contribution in [2.75, 3.05) is 0 Å². The highest BCUT2D eigenvalue weighted by Gasteiger charge is 2.10. The first-order valence-corrected chi connectivity index (χ1v) is 2.94. The Morgan fingerprint density at radius 1 is 1.60 bits per heavy atom. The number of aromatic nitrogens is 2. The van der Waals surface area contributed by atoms with Crippen molar-refractivity contribution in [1.82, 2.24) is 10.2 Å². The minimum atomic E-state index is -0.427. The van der Waals surface area contributed by atoms with Crippen molar-refractivity contribution in [2.24, 2.45) is 5.73 Å². The van der Waals surface area contributed by atoms with E-state index in [1.165, 1.54) is 0 Å². The van der Waals surface area contributed by atoms with Crippen molar-refractivity contribution in [3.05, 3.63) is 17.0 Å². The van der Waals surface area contributed by atoms with Gasteiger partial charge in [-0.25, -0.2) is 0 Å². The average molecular weight is 139 g/mol. The van der Waals surface area contributed by atoms with Gasteiger partial charge in [0.2, 0.25) is 0 Å². The smallest absolute Gasteiger partial charge is 0.252 e. The van der Waals surface area contributed by atoms with Crippen LogP contribution in [0, 0.1) is 13.8 Å². The lowest BCUT2D eigenvalue weighted by molar-refractivity contribution is 0.0999. The molecule has 0 aromatic carbocycles. The number of rotatable bonds is 1. The average Bonchev–Trinajstić information content (AvgIpc) is 2.11. The van der Waals surface area contributed by atoms with E-state index in [4.69, 9.17) is 5.73 Å². The molecule has 4 heteroatoms. The number of aryl methyl sites for hydroxylation is 2. The number of amides is 1. The zero-order valence-corrected chi connectivity index (χ0v) is 5.93. The molecule has 0 aliphatic carbocycles. The van der Waals surface area contributed by atoms with E-state index in [-0.39, 0.29) is 0 Å². The summed E-state index contributed by atoms with van der Waals surface area (Å²) in [6, 6.07) is 0. The van der Waals surface area contributed by atoms with Crippen LogP contribution < -0.4 is 5.73 Å². The predicted molar refractivity (Wildman–Crippen MR) is 36.6 cm³/mol. The normalized spacial score (nSPS) is 9.80. The molecule has 0 fully saturated rings. The highest BCUT2D eigenvalue weighted by molar-refractivity contribution is 5.94. The van der Waals surface area contributed by atoms with Gasteiger partial charge in [-0.2, -0.15) is 5.10 Å². The van der Waals surface area contributed by atoms with E-state index >= 15 is 0 Å². The SMILES string of the molecule is Cc1n[nH]c(C)c1C(N)=O. The van der Waals surface area contributed by atoms with Crippen LogP contribution in [0.5, 0.6) is 0 Å². The third-order valence-corrected chi connectivity index (χ3v) is 1.37. The molecule has 0 bridgehead atoms. The summed E-state index contributed by atoms with van der Waals surface area (Å²) in [5, 5.41) is 6.48. The lowest BCUT2D eigenvalue weighted by Gasteiger charge is -1.90. The van der Waals surface area contributed by atoms with Gasteiger partial charge < -0.3 is 5.73 Å². The Morgan fingerprint density at radius 3 is 2.40 bits per heavy atom. The molecular weight excluding hydrogens is 130 g/mol. The molecule has 0 radical (unpaired) electrons. The quantitative estimate of drug-likeness (QED) is 0.580. The first-order chi connectivity index (χ1) is 4.63. The van der Waals surface area contributed by atoms with Crippen LogP contribution in [0.1, 0.15) is 21.7 Å². The first kappa shape index (κ1) is 6.80. The van der Waals surface area contributed by atoms with Gasteiger partial charge in [0.15, 0.2) is 0 Å². The number of primary amides is 1. The molecule has 1 amide bonds. The number of nitrogens with two attached hydrogens (primary N) is 1. The van der Waals surface area contributed by atoms with E-state index in [9.17, 15) is 4.79 Å². The van der Waals surface area contributed by atoms with E-state index < -0.39 is 5.91 Å². The molecule has 0 saturated heterocycles. The summed E-state index contributed by atoms with van der Waals surface area (Å²) in [5.74, 6) is -0.427. The highest BCUT2D eigenvalue weighted by Crippen LogP contribution is 2.06. The minimum Gasteiger partial charge on any atom is -0.365 e. The summed E-state index contributed by atoms with van der Waals surface area (Å²) in [6.07, 6.45) is 0. The maximum atomic E-state index is 10.7. The summed E-state index contributed by atoms with van der Waals surface area (Å²) in [7, 11) is 0. The predicted octanol–water partition coefficient (Wildman–Crippen LogP) is 0.125. The topological polar surface area (TPSA) is 71.8 Å². The molecule has 0 spiro atoms. The molecule has 1 aromatic heterocycles. The summed E-state index contributed by atoms with van der Waals surface area (Å²) in [5.41, 5.74) is 6.95. The van der Waals surface area contributed by atoms with E-state index in [0.29, 0.717) is 11.3 Å². The number of aromatic amines is 1. The number of carbonyl (C=O) groups excluding carboxylic acids is 1. The molecule has 0 atom stereocenters. The zero-order valence-electron chi connectivity index (χ0n) is 5.93. The van der Waals surface area contributed by atoms with Gasteiger partial charge in [-0.3, -0.25) is 9.89 Å². The fourth-order valence-electron chi connectivity index (χ4n) is 0.914. The Bertz CT molecular complexity index is 244. The Balaban J connectivity index is 3.23. The van der Waals surface area contributed by atoms with E-state index in [2.05, 4.69) is 10.2 Å². The molecule has 0 aliphatic heterocycles. The fraction of sp³-hybridized carbons (Fsp3) is 0.333. The molecule has 0 unspecified atom stereocenters. The van der Waals surface area contributed by atoms with E-state index in [0.717, 1.165) is 5.69 Å². The Kier molecular flexibility index (Phi) is 1.45. The van der Waals surface area contributed by atoms with Crippen molar-refractivity contribution in [3.63, 3.8) is 0 Å². The van der Waals surface area contributed by atoms with Crippen molar-refractivity contribution in [2.45, 2.75) is 13.8 Å². The van der Waals surface area contributed by atoms with Crippen molar-refractivity contribution < 1.29 is 4.79 Å². The van der Waals surface area contributed by atoms with Crippen LogP contribution in [0.4, 0.5) is 0 Å². The van der Waals surface area contributed by atoms with Crippen LogP contribution in [0.3, 0.4) is 0 Å². The number of nitrogens with zero attached hydrogens (tertiary/aromatic N) is 1. The molecule has 1 aromatic rings. The maximum Gasteiger partial charge on any atom is 0.252 e. The van der Waals surface area contributed by atoms with Gasteiger partial charge in [-0.05, 0) is 13.8 Å². The second-order valence-corrected chi connectivity index (χ2v) is 2.17. The van der Waals surface area contributed by atoms with Crippen LogP contribution in [0.25, 0.3) is 0 Å². The number of carbonyl (C=O) groups is 1. The maximum absolute atomic E-state index is 10.7. The lowest BCUT2D eigenvalue weighted by Crippen LogP contribution is -2.12. The monoisotopic (exact) mass is 139 g/mol. The fourth-order valence-corrected chi connectivity index (χ4v) is 0.914. The van der Waals surface area contributed by atoms with Crippen molar-refractivity contribution in [1.29, 1.82) is 0 Å². The van der Waals surface area contributed by atoms with Gasteiger partial charge in [0.1, 0.15) is 0 Å². The molecule has 4 nitrogen and oxygen atoms in total. The summed E-state index contributed by atoms with van der Waals surface area (Å²) in [4.78, 5) is 10.7. The molecule has 1 rings (SSSR count). The van der Waals surface area contributed by atoms with Crippen molar-refractivity contribution >= 4 is 5.91 Å². The van der Waals surface area contributed by atoms with Crippen LogP contribution in [0.2, 0.25) is 0 Å². The third kappa shape index (κ3) is 0.877. The molecule has 10 heavy (non-hydrogen) atoms. The van der Waals surface area contributed by atoms with Gasteiger partial charge in [-0.15, -0.1) is 0 Å². The number of hydrogen-bond acceptors (Lipinski definition) is 2. The summed E-state index contributed by atoms with van der Waals surface area (Å²) < 4.78 is 0. The molecular formula is C6H9N3O. The Morgan fingerprint density at radius 2 is 2.20 bits per heavy atom. The molecule has 3 N–H and O–H groups in total. The highest BCUT2D eigenvalue weighted by atomic mass is 16.1. The number of hydrogen-bond donors (Lipinski definition) is 2. The summed E-state index contributed by atoms with van der Waals surface area (Å²) in [6.45, 7) is 3.50. The van der Waals surface area contributed by atoms with Gasteiger partial charge in [0.25, 0.3) is 5.91 Å². The lowest BCUT2D eigenvalue weighted by atomic mass is 10.2. The summed E-state index contributed by atoms with van der Waals surface area (Å²) >= 11 is 0. The Labute approximate surface area is 58.4 Å². The standard InChI is InChI=1S/C6H9N3O/c1-3-5(6(7)10)4(2)9-8-3/h1-2H3,(H2,7,10)(H,8,9). The molecule has 0 saturated carbocycles. The first-order valence-electron chi connectivity index (χ1n) is 2.94. The van der Waals surface area contributed by atoms with Crippen LogP contribution >= 0.6 is 0 Å². The van der Waals surface area contributed by atoms with Gasteiger partial charge >= 0.3 is 0 Å².